The van der Waals surface area contributed by atoms with Crippen molar-refractivity contribution in [2.75, 3.05) is 6.54 Å². The molecule has 0 atom stereocenters. The summed E-state index contributed by atoms with van der Waals surface area (Å²) in [5.41, 5.74) is 4.81. The predicted molar refractivity (Wildman–Crippen MR) is 125 cm³/mol. The van der Waals surface area contributed by atoms with E-state index in [9.17, 15) is 4.79 Å². The number of aromatic nitrogens is 1. The molecule has 3 aromatic rings. The van der Waals surface area contributed by atoms with Crippen molar-refractivity contribution in [2.45, 2.75) is 46.2 Å². The Morgan fingerprint density at radius 3 is 2.50 bits per heavy atom. The second kappa shape index (κ2) is 11.2. The molecule has 30 heavy (non-hydrogen) atoms. The third-order valence-corrected chi connectivity index (χ3v) is 5.44. The topological polar surface area (TPSA) is 25.2 Å². The van der Waals surface area contributed by atoms with Crippen molar-refractivity contribution >= 4 is 12.0 Å². The highest BCUT2D eigenvalue weighted by atomic mass is 16.2. The van der Waals surface area contributed by atoms with Crippen LogP contribution < -0.4 is 0 Å². The molecule has 0 unspecified atom stereocenters. The van der Waals surface area contributed by atoms with E-state index in [1.165, 1.54) is 11.1 Å². The van der Waals surface area contributed by atoms with Crippen molar-refractivity contribution in [1.29, 1.82) is 0 Å². The smallest absolute Gasteiger partial charge is 0.246 e. The summed E-state index contributed by atoms with van der Waals surface area (Å²) in [5.74, 6) is 0.0681. The lowest BCUT2D eigenvalue weighted by molar-refractivity contribution is -0.126. The number of carbonyl (C=O) groups is 1. The molecule has 0 bridgehead atoms. The number of unbranched alkanes of at least 4 members (excludes halogenated alkanes) is 2. The first-order valence-corrected chi connectivity index (χ1v) is 10.9. The Kier molecular flexibility index (Phi) is 8.08. The number of hydrogen-bond acceptors (Lipinski definition) is 1. The van der Waals surface area contributed by atoms with Gasteiger partial charge in [-0.05, 0) is 48.2 Å². The summed E-state index contributed by atoms with van der Waals surface area (Å²) in [6.45, 7) is 6.57. The molecule has 3 rings (SSSR count). The fourth-order valence-corrected chi connectivity index (χ4v) is 3.57. The fourth-order valence-electron chi connectivity index (χ4n) is 3.57. The molecule has 0 aliphatic rings. The van der Waals surface area contributed by atoms with Gasteiger partial charge in [0, 0.05) is 31.1 Å². The van der Waals surface area contributed by atoms with Crippen LogP contribution in [0.1, 0.15) is 48.6 Å². The van der Waals surface area contributed by atoms with Gasteiger partial charge in [0.2, 0.25) is 5.91 Å². The maximum atomic E-state index is 13.0. The Hall–Kier alpha value is -3.07. The monoisotopic (exact) mass is 400 g/mol. The van der Waals surface area contributed by atoms with Crippen molar-refractivity contribution in [1.82, 2.24) is 9.47 Å². The zero-order valence-corrected chi connectivity index (χ0v) is 18.1. The van der Waals surface area contributed by atoms with Gasteiger partial charge < -0.3 is 9.47 Å². The van der Waals surface area contributed by atoms with Crippen molar-refractivity contribution in [3.8, 4) is 0 Å². The average molecular weight is 401 g/mol. The molecule has 0 radical (unpaired) electrons. The van der Waals surface area contributed by atoms with Crippen molar-refractivity contribution in [2.24, 2.45) is 0 Å². The third kappa shape index (κ3) is 6.21. The van der Waals surface area contributed by atoms with Gasteiger partial charge in [0.15, 0.2) is 0 Å². The number of aryl methyl sites for hydroxylation is 1. The molecule has 3 heteroatoms. The molecule has 1 heterocycles. The van der Waals surface area contributed by atoms with E-state index in [4.69, 9.17) is 0 Å². The maximum Gasteiger partial charge on any atom is 0.246 e. The van der Waals surface area contributed by atoms with E-state index in [0.29, 0.717) is 6.54 Å². The molecule has 0 aliphatic carbocycles. The van der Waals surface area contributed by atoms with Crippen LogP contribution in [0.25, 0.3) is 6.08 Å². The van der Waals surface area contributed by atoms with Gasteiger partial charge in [-0.2, -0.15) is 0 Å². The van der Waals surface area contributed by atoms with Crippen molar-refractivity contribution < 1.29 is 4.79 Å². The maximum absolute atomic E-state index is 13.0. The molecule has 0 fully saturated rings. The van der Waals surface area contributed by atoms with Gasteiger partial charge in [0.25, 0.3) is 0 Å². The Morgan fingerprint density at radius 2 is 1.73 bits per heavy atom. The van der Waals surface area contributed by atoms with Crippen LogP contribution in [0.2, 0.25) is 0 Å². The minimum Gasteiger partial charge on any atom is -0.345 e. The number of carbonyl (C=O) groups excluding carboxylic acids is 1. The van der Waals surface area contributed by atoms with Gasteiger partial charge >= 0.3 is 0 Å². The predicted octanol–water partition coefficient (Wildman–Crippen LogP) is 6.08. The number of benzene rings is 2. The molecule has 0 aliphatic heterocycles. The first kappa shape index (κ1) is 21.6. The molecule has 2 aromatic carbocycles. The van der Waals surface area contributed by atoms with Gasteiger partial charge in [-0.1, -0.05) is 74.4 Å². The van der Waals surface area contributed by atoms with E-state index in [1.807, 2.05) is 41.3 Å². The highest BCUT2D eigenvalue weighted by molar-refractivity contribution is 5.91. The summed E-state index contributed by atoms with van der Waals surface area (Å²) in [6.07, 6.45) is 9.02. The Morgan fingerprint density at radius 1 is 0.967 bits per heavy atom. The lowest BCUT2D eigenvalue weighted by Crippen LogP contribution is -2.31. The number of rotatable bonds is 10. The van der Waals surface area contributed by atoms with Gasteiger partial charge in [-0.25, -0.2) is 0 Å². The lowest BCUT2D eigenvalue weighted by atomic mass is 10.1. The summed E-state index contributed by atoms with van der Waals surface area (Å²) in [5, 5.41) is 0. The Labute approximate surface area is 180 Å². The van der Waals surface area contributed by atoms with Crippen LogP contribution in [0.5, 0.6) is 0 Å². The minimum absolute atomic E-state index is 0.0681. The fraction of sp³-hybridized carbons (Fsp3) is 0.296. The molecule has 0 N–H and O–H groups in total. The highest BCUT2D eigenvalue weighted by Gasteiger charge is 2.14. The molecule has 0 saturated heterocycles. The van der Waals surface area contributed by atoms with Crippen molar-refractivity contribution in [3.63, 3.8) is 0 Å². The average Bonchev–Trinajstić information content (AvgIpc) is 3.20. The third-order valence-electron chi connectivity index (χ3n) is 5.44. The molecule has 0 spiro atoms. The van der Waals surface area contributed by atoms with Crippen LogP contribution in [-0.4, -0.2) is 21.9 Å². The van der Waals surface area contributed by atoms with Crippen LogP contribution in [-0.2, 0) is 17.9 Å². The molecule has 1 aromatic heterocycles. The highest BCUT2D eigenvalue weighted by Crippen LogP contribution is 2.15. The first-order valence-electron chi connectivity index (χ1n) is 10.9. The summed E-state index contributed by atoms with van der Waals surface area (Å²) >= 11 is 0. The van der Waals surface area contributed by atoms with Crippen LogP contribution in [0, 0.1) is 6.92 Å². The van der Waals surface area contributed by atoms with Gasteiger partial charge in [-0.15, -0.1) is 0 Å². The van der Waals surface area contributed by atoms with Crippen molar-refractivity contribution in [3.05, 3.63) is 101 Å². The van der Waals surface area contributed by atoms with E-state index in [0.717, 1.165) is 43.6 Å². The second-order valence-corrected chi connectivity index (χ2v) is 7.76. The second-order valence-electron chi connectivity index (χ2n) is 7.76. The number of amides is 1. The summed E-state index contributed by atoms with van der Waals surface area (Å²) in [6, 6.07) is 22.7. The largest absolute Gasteiger partial charge is 0.345 e. The Bertz CT molecular complexity index is 956. The zero-order chi connectivity index (χ0) is 21.2. The quantitative estimate of drug-likeness (QED) is 0.299. The molecule has 156 valence electrons. The Balaban J connectivity index is 1.73. The normalized spacial score (nSPS) is 11.1. The molecular weight excluding hydrogens is 368 g/mol. The molecule has 3 nitrogen and oxygen atoms in total. The van der Waals surface area contributed by atoms with Gasteiger partial charge in [0.1, 0.15) is 0 Å². The zero-order valence-electron chi connectivity index (χ0n) is 18.1. The minimum atomic E-state index is 0.0681. The van der Waals surface area contributed by atoms with E-state index in [2.05, 4.69) is 61.0 Å². The molecule has 0 saturated carbocycles. The van der Waals surface area contributed by atoms with Crippen LogP contribution >= 0.6 is 0 Å². The summed E-state index contributed by atoms with van der Waals surface area (Å²) in [7, 11) is 0. The number of nitrogens with zero attached hydrogens (tertiary/aromatic N) is 2. The van der Waals surface area contributed by atoms with E-state index < -0.39 is 0 Å². The van der Waals surface area contributed by atoms with E-state index >= 15 is 0 Å². The molecular formula is C27H32N2O. The lowest BCUT2D eigenvalue weighted by Gasteiger charge is -2.22. The summed E-state index contributed by atoms with van der Waals surface area (Å²) < 4.78 is 2.25. The van der Waals surface area contributed by atoms with E-state index in [1.54, 1.807) is 6.08 Å². The van der Waals surface area contributed by atoms with Gasteiger partial charge in [-0.3, -0.25) is 4.79 Å². The van der Waals surface area contributed by atoms with E-state index in [-0.39, 0.29) is 5.91 Å². The van der Waals surface area contributed by atoms with Crippen LogP contribution in [0.3, 0.4) is 0 Å². The van der Waals surface area contributed by atoms with Crippen LogP contribution in [0.15, 0.2) is 79.0 Å². The van der Waals surface area contributed by atoms with Crippen LogP contribution in [0.4, 0.5) is 0 Å². The first-order chi connectivity index (χ1) is 14.7. The SMILES string of the molecule is CCCCCN(Cc1cccn1Cc1ccccc1C)C(=O)/C=C/c1ccccc1. The summed E-state index contributed by atoms with van der Waals surface area (Å²) in [4.78, 5) is 15.0. The van der Waals surface area contributed by atoms with Gasteiger partial charge in [0.05, 0.1) is 6.54 Å². The number of hydrogen-bond donors (Lipinski definition) is 0. The molecule has 1 amide bonds. The standard InChI is InChI=1S/C27H32N2O/c1-3-4-10-19-29(27(30)18-17-24-13-6-5-7-14-24)22-26-16-11-20-28(26)21-25-15-9-8-12-23(25)2/h5-9,11-18,20H,3-4,10,19,21-22H2,1-2H3/b18-17+.